The summed E-state index contributed by atoms with van der Waals surface area (Å²) in [4.78, 5) is 2.82. The lowest BCUT2D eigenvalue weighted by atomic mass is 10.1. The molecule has 0 aliphatic carbocycles. The van der Waals surface area contributed by atoms with Crippen LogP contribution < -0.4 is 0 Å². The van der Waals surface area contributed by atoms with Crippen LogP contribution in [-0.2, 0) is 4.74 Å². The first-order valence-electron chi connectivity index (χ1n) is 5.51. The van der Waals surface area contributed by atoms with Crippen LogP contribution in [-0.4, -0.2) is 22.9 Å². The third kappa shape index (κ3) is 3.92. The Hall–Kier alpha value is -2.32. The van der Waals surface area contributed by atoms with E-state index in [0.29, 0.717) is 0 Å². The summed E-state index contributed by atoms with van der Waals surface area (Å²) in [5.74, 6) is -0.592. The summed E-state index contributed by atoms with van der Waals surface area (Å²) in [6.45, 7) is 1.87. The van der Waals surface area contributed by atoms with E-state index in [9.17, 15) is 10.2 Å². The van der Waals surface area contributed by atoms with Crippen LogP contribution in [0.15, 0.2) is 48.1 Å². The molecule has 0 saturated heterocycles. The van der Waals surface area contributed by atoms with Gasteiger partial charge in [0.1, 0.15) is 0 Å². The first kappa shape index (κ1) is 13.7. The van der Waals surface area contributed by atoms with Crippen LogP contribution in [0.25, 0.3) is 11.1 Å². The minimum absolute atomic E-state index is 0.208. The number of hydrogen-bond acceptors (Lipinski definition) is 4. The van der Waals surface area contributed by atoms with E-state index >= 15 is 0 Å². The van der Waals surface area contributed by atoms with Crippen molar-refractivity contribution in [2.24, 2.45) is 0 Å². The third-order valence-corrected chi connectivity index (χ3v) is 2.16. The van der Waals surface area contributed by atoms with E-state index in [-0.39, 0.29) is 12.3 Å². The number of aliphatic hydroxyl groups excluding tert-OH is 2. The maximum Gasteiger partial charge on any atom is 0.472 e. The van der Waals surface area contributed by atoms with E-state index in [2.05, 4.69) is 4.98 Å². The van der Waals surface area contributed by atoms with Crippen LogP contribution in [0.3, 0.4) is 0 Å². The van der Waals surface area contributed by atoms with Gasteiger partial charge in [-0.3, -0.25) is 0 Å². The summed E-state index contributed by atoms with van der Waals surface area (Å²) in [6, 6.07) is 9.30. The van der Waals surface area contributed by atoms with Crippen LogP contribution in [0.1, 0.15) is 12.5 Å². The Balaban J connectivity index is 2.81. The molecule has 5 heteroatoms. The summed E-state index contributed by atoms with van der Waals surface area (Å²) < 4.78 is 4.76. The molecule has 0 radical (unpaired) electrons. The Labute approximate surface area is 105 Å². The van der Waals surface area contributed by atoms with Crippen LogP contribution in [0.5, 0.6) is 0 Å². The quantitative estimate of drug-likeness (QED) is 0.619. The Morgan fingerprint density at radius 3 is 2.67 bits per heavy atom. The van der Waals surface area contributed by atoms with Gasteiger partial charge in [-0.1, -0.05) is 36.4 Å². The maximum atomic E-state index is 9.73. The van der Waals surface area contributed by atoms with Crippen LogP contribution in [0.2, 0.25) is 0 Å². The molecule has 0 aliphatic rings. The fraction of sp³-hybridized carbons (Fsp3) is 0.231. The van der Waals surface area contributed by atoms with Gasteiger partial charge in [0.25, 0.3) is 0 Å². The smallest absolute Gasteiger partial charge is 0.472 e. The average molecular weight is 247 g/mol. The van der Waals surface area contributed by atoms with Gasteiger partial charge in [-0.15, -0.1) is 0 Å². The second-order valence-electron chi connectivity index (χ2n) is 3.44. The molecule has 18 heavy (non-hydrogen) atoms. The molecule has 1 rings (SSSR count). The van der Waals surface area contributed by atoms with Crippen molar-refractivity contribution in [1.82, 2.24) is 0 Å². The zero-order valence-corrected chi connectivity index (χ0v) is 10.0. The third-order valence-electron chi connectivity index (χ3n) is 2.16. The van der Waals surface area contributed by atoms with Gasteiger partial charge in [0.05, 0.1) is 6.61 Å². The highest BCUT2D eigenvalue weighted by Crippen LogP contribution is 2.13. The number of nitrogens with zero attached hydrogens (tertiary/aromatic N) is 2. The van der Waals surface area contributed by atoms with Crippen LogP contribution in [0, 0.1) is 5.39 Å². The van der Waals surface area contributed by atoms with E-state index in [1.807, 2.05) is 30.3 Å². The highest BCUT2D eigenvalue weighted by atomic mass is 16.6. The van der Waals surface area contributed by atoms with Crippen molar-refractivity contribution in [3.8, 4) is 0 Å². The standard InChI is InChI=1S/C13H14N2O3/c1-2-18-13(17)12(15-14)11(16)9-8-10-6-4-3-5-7-10/h3-9,11,16H,2H2,1H3/p+1/b9-8+,13-12-. The topological polar surface area (TPSA) is 77.8 Å². The molecule has 1 unspecified atom stereocenters. The van der Waals surface area contributed by atoms with Gasteiger partial charge in [0, 0.05) is 0 Å². The lowest BCUT2D eigenvalue weighted by molar-refractivity contribution is 0.0914. The zero-order valence-electron chi connectivity index (χ0n) is 10.0. The first-order chi connectivity index (χ1) is 8.69. The molecule has 5 nitrogen and oxygen atoms in total. The van der Waals surface area contributed by atoms with Gasteiger partial charge < -0.3 is 14.9 Å². The molecule has 1 aromatic carbocycles. The predicted octanol–water partition coefficient (Wildman–Crippen LogP) is 2.68. The Morgan fingerprint density at radius 2 is 2.11 bits per heavy atom. The molecular formula is C13H15N2O3+. The molecule has 0 fully saturated rings. The molecule has 0 aromatic heterocycles. The fourth-order valence-corrected chi connectivity index (χ4v) is 1.30. The van der Waals surface area contributed by atoms with Crippen molar-refractivity contribution >= 4 is 6.08 Å². The van der Waals surface area contributed by atoms with Gasteiger partial charge >= 0.3 is 11.6 Å². The average Bonchev–Trinajstić information content (AvgIpc) is 2.39. The molecule has 0 spiro atoms. The largest absolute Gasteiger partial charge is 0.475 e. The molecule has 0 saturated carbocycles. The number of ether oxygens (including phenoxy) is 1. The van der Waals surface area contributed by atoms with E-state index in [4.69, 9.17) is 10.1 Å². The van der Waals surface area contributed by atoms with E-state index in [1.54, 1.807) is 13.0 Å². The van der Waals surface area contributed by atoms with Crippen molar-refractivity contribution in [3.05, 3.63) is 58.6 Å². The first-order valence-corrected chi connectivity index (χ1v) is 5.51. The summed E-state index contributed by atoms with van der Waals surface area (Å²) in [5.41, 5.74) is 0.550. The number of aliphatic hydroxyl groups is 2. The van der Waals surface area contributed by atoms with Gasteiger partial charge in [0.15, 0.2) is 11.1 Å². The molecule has 0 bridgehead atoms. The van der Waals surface area contributed by atoms with E-state index in [1.165, 1.54) is 6.08 Å². The van der Waals surface area contributed by atoms with Gasteiger partial charge in [0.2, 0.25) is 5.39 Å². The van der Waals surface area contributed by atoms with Crippen LogP contribution in [0.4, 0.5) is 0 Å². The SMILES string of the molecule is CCO/C(O)=C(\[N+]#N)C(O)/C=C/c1ccccc1. The highest BCUT2D eigenvalue weighted by Gasteiger charge is 2.28. The number of rotatable bonds is 5. The predicted molar refractivity (Wildman–Crippen MR) is 67.8 cm³/mol. The Bertz CT molecular complexity index is 475. The molecule has 0 aliphatic heterocycles. The van der Waals surface area contributed by atoms with Crippen molar-refractivity contribution in [1.29, 1.82) is 5.39 Å². The number of diazo groups is 1. The summed E-state index contributed by atoms with van der Waals surface area (Å²) >= 11 is 0. The van der Waals surface area contributed by atoms with Gasteiger partial charge in [-0.25, -0.2) is 0 Å². The zero-order chi connectivity index (χ0) is 13.4. The van der Waals surface area contributed by atoms with Crippen LogP contribution >= 0.6 is 0 Å². The minimum atomic E-state index is -1.25. The maximum absolute atomic E-state index is 9.73. The van der Waals surface area contributed by atoms with Crippen molar-refractivity contribution in [3.63, 3.8) is 0 Å². The number of benzene rings is 1. The molecule has 0 amide bonds. The van der Waals surface area contributed by atoms with Crippen molar-refractivity contribution in [2.75, 3.05) is 6.61 Å². The fourth-order valence-electron chi connectivity index (χ4n) is 1.30. The molecular weight excluding hydrogens is 232 g/mol. The Kier molecular flexibility index (Phi) is 5.42. The Morgan fingerprint density at radius 1 is 1.44 bits per heavy atom. The monoisotopic (exact) mass is 247 g/mol. The molecule has 1 atom stereocenters. The normalized spacial score (nSPS) is 13.8. The van der Waals surface area contributed by atoms with E-state index < -0.39 is 12.0 Å². The van der Waals surface area contributed by atoms with E-state index in [0.717, 1.165) is 5.56 Å². The van der Waals surface area contributed by atoms with Gasteiger partial charge in [-0.2, -0.15) is 0 Å². The highest BCUT2D eigenvalue weighted by molar-refractivity contribution is 5.50. The number of hydrogen-bond donors (Lipinski definition) is 2. The molecule has 94 valence electrons. The second kappa shape index (κ2) is 7.09. The molecule has 0 heterocycles. The lowest BCUT2D eigenvalue weighted by Crippen LogP contribution is -2.08. The molecule has 2 N–H and O–H groups in total. The van der Waals surface area contributed by atoms with Crippen molar-refractivity contribution in [2.45, 2.75) is 13.0 Å². The lowest BCUT2D eigenvalue weighted by Gasteiger charge is -2.00. The van der Waals surface area contributed by atoms with Crippen molar-refractivity contribution < 1.29 is 14.9 Å². The summed E-state index contributed by atoms with van der Waals surface area (Å²) in [7, 11) is 0. The second-order valence-corrected chi connectivity index (χ2v) is 3.44. The minimum Gasteiger partial charge on any atom is -0.475 e. The summed E-state index contributed by atoms with van der Waals surface area (Å²) in [6.07, 6.45) is 1.79. The summed E-state index contributed by atoms with van der Waals surface area (Å²) in [5, 5.41) is 27.8. The molecule has 1 aromatic rings. The van der Waals surface area contributed by atoms with Gasteiger partial charge in [-0.05, 0) is 18.6 Å².